The van der Waals surface area contributed by atoms with Gasteiger partial charge in [-0.15, -0.1) is 0 Å². The lowest BCUT2D eigenvalue weighted by molar-refractivity contribution is -0.113. The van der Waals surface area contributed by atoms with Crippen molar-refractivity contribution in [3.05, 3.63) is 0 Å². The van der Waals surface area contributed by atoms with Gasteiger partial charge in [-0.25, -0.2) is 0 Å². The molecule has 0 aliphatic carbocycles. The lowest BCUT2D eigenvalue weighted by Gasteiger charge is -2.01. The number of hydrogen-bond acceptors (Lipinski definition) is 5. The fourth-order valence-electron chi connectivity index (χ4n) is 0.226. The number of carbonyl (C=O) groups is 1. The highest BCUT2D eigenvalue weighted by Crippen LogP contribution is 2.06. The highest BCUT2D eigenvalue weighted by molar-refractivity contribution is 8.14. The quantitative estimate of drug-likeness (QED) is 0.431. The Kier molecular flexibility index (Phi) is 4.70. The van der Waals surface area contributed by atoms with Crippen LogP contribution < -0.4 is 0 Å². The maximum Gasteiger partial charge on any atom is 0.216 e. The Bertz CT molecular complexity index is 94.6. The lowest BCUT2D eigenvalue weighted by Crippen LogP contribution is -2.11. The fraction of sp³-hybridized carbons (Fsp3) is 0.750. The summed E-state index contributed by atoms with van der Waals surface area (Å²) in [7, 11) is 0. The van der Waals surface area contributed by atoms with Crippen molar-refractivity contribution in [2.75, 3.05) is 13.2 Å². The average Bonchev–Trinajstić information content (AvgIpc) is 1.87. The number of carbonyl (C=O) groups excluding carboxylic acids is 1. The summed E-state index contributed by atoms with van der Waals surface area (Å²) in [5, 5.41) is 24.3. The van der Waals surface area contributed by atoms with E-state index in [1.54, 1.807) is 0 Å². The normalized spacial score (nSPS) is 13.2. The SMILES string of the molecule is O=C(CO)SC(O)CO. The maximum absolute atomic E-state index is 10.2. The minimum atomic E-state index is -1.11. The Balaban J connectivity index is 3.34. The van der Waals surface area contributed by atoms with Crippen LogP contribution in [-0.2, 0) is 4.79 Å². The van der Waals surface area contributed by atoms with Crippen molar-refractivity contribution in [2.24, 2.45) is 0 Å². The standard InChI is InChI=1S/C4H8O4S/c5-1-3(7)9-4(8)2-6/h3,5-7H,1-2H2. The summed E-state index contributed by atoms with van der Waals surface area (Å²) in [6.07, 6.45) is 0. The molecule has 0 saturated heterocycles. The number of hydrogen-bond donors (Lipinski definition) is 3. The van der Waals surface area contributed by atoms with E-state index >= 15 is 0 Å². The van der Waals surface area contributed by atoms with Crippen LogP contribution in [0.1, 0.15) is 0 Å². The van der Waals surface area contributed by atoms with E-state index in [0.717, 1.165) is 0 Å². The second kappa shape index (κ2) is 4.75. The van der Waals surface area contributed by atoms with Crippen LogP contribution in [0.25, 0.3) is 0 Å². The van der Waals surface area contributed by atoms with Crippen LogP contribution in [0.2, 0.25) is 0 Å². The van der Waals surface area contributed by atoms with Crippen molar-refractivity contribution in [3.63, 3.8) is 0 Å². The highest BCUT2D eigenvalue weighted by Gasteiger charge is 2.07. The Hall–Kier alpha value is -0.100. The summed E-state index contributed by atoms with van der Waals surface area (Å²) in [4.78, 5) is 10.2. The van der Waals surface area contributed by atoms with Crippen LogP contribution in [0.15, 0.2) is 0 Å². The molecule has 4 nitrogen and oxygen atoms in total. The number of rotatable bonds is 3. The molecule has 0 amide bonds. The first-order chi connectivity index (χ1) is 4.20. The van der Waals surface area contributed by atoms with Crippen molar-refractivity contribution in [1.29, 1.82) is 0 Å². The topological polar surface area (TPSA) is 77.8 Å². The van der Waals surface area contributed by atoms with E-state index in [0.29, 0.717) is 11.8 Å². The Morgan fingerprint density at radius 3 is 2.44 bits per heavy atom. The van der Waals surface area contributed by atoms with Gasteiger partial charge in [0.05, 0.1) is 6.61 Å². The summed E-state index contributed by atoms with van der Waals surface area (Å²) in [6, 6.07) is 0. The molecule has 0 spiro atoms. The summed E-state index contributed by atoms with van der Waals surface area (Å²) in [5.41, 5.74) is -1.11. The third-order valence-electron chi connectivity index (χ3n) is 0.553. The van der Waals surface area contributed by atoms with E-state index in [2.05, 4.69) is 0 Å². The molecule has 5 heteroatoms. The van der Waals surface area contributed by atoms with Gasteiger partial charge in [0.25, 0.3) is 0 Å². The largest absolute Gasteiger partial charge is 0.393 e. The summed E-state index contributed by atoms with van der Waals surface area (Å²) < 4.78 is 0. The molecule has 9 heavy (non-hydrogen) atoms. The van der Waals surface area contributed by atoms with Gasteiger partial charge in [0.15, 0.2) is 0 Å². The van der Waals surface area contributed by atoms with Crippen LogP contribution in [0.4, 0.5) is 0 Å². The number of thioether (sulfide) groups is 1. The molecule has 3 N–H and O–H groups in total. The Morgan fingerprint density at radius 2 is 2.11 bits per heavy atom. The van der Waals surface area contributed by atoms with Crippen molar-refractivity contribution in [1.82, 2.24) is 0 Å². The third-order valence-corrected chi connectivity index (χ3v) is 1.37. The molecule has 0 radical (unpaired) electrons. The number of aliphatic hydroxyl groups is 3. The Labute approximate surface area is 56.5 Å². The molecule has 54 valence electrons. The van der Waals surface area contributed by atoms with Gasteiger partial charge in [0.1, 0.15) is 12.0 Å². The van der Waals surface area contributed by atoms with Crippen molar-refractivity contribution >= 4 is 16.9 Å². The molecule has 0 heterocycles. The van der Waals surface area contributed by atoms with E-state index in [-0.39, 0.29) is 0 Å². The molecule has 0 bridgehead atoms. The molecular weight excluding hydrogens is 144 g/mol. The van der Waals surface area contributed by atoms with Gasteiger partial charge in [-0.05, 0) is 0 Å². The monoisotopic (exact) mass is 152 g/mol. The molecule has 0 aromatic carbocycles. The molecule has 0 aromatic heterocycles. The van der Waals surface area contributed by atoms with Gasteiger partial charge in [-0.3, -0.25) is 4.79 Å². The van der Waals surface area contributed by atoms with Crippen LogP contribution in [-0.4, -0.2) is 39.1 Å². The van der Waals surface area contributed by atoms with Crippen LogP contribution in [0.3, 0.4) is 0 Å². The van der Waals surface area contributed by atoms with Crippen molar-refractivity contribution in [2.45, 2.75) is 5.44 Å². The van der Waals surface area contributed by atoms with Gasteiger partial charge in [0, 0.05) is 0 Å². The second-order valence-corrected chi connectivity index (χ2v) is 2.52. The molecule has 0 fully saturated rings. The maximum atomic E-state index is 10.2. The van der Waals surface area contributed by atoms with E-state index in [1.807, 2.05) is 0 Å². The molecule has 0 aliphatic rings. The van der Waals surface area contributed by atoms with Crippen molar-refractivity contribution in [3.8, 4) is 0 Å². The summed E-state index contributed by atoms with van der Waals surface area (Å²) in [6.45, 7) is -1.09. The molecule has 0 saturated carbocycles. The zero-order chi connectivity index (χ0) is 7.28. The average molecular weight is 152 g/mol. The zero-order valence-electron chi connectivity index (χ0n) is 4.65. The van der Waals surface area contributed by atoms with Gasteiger partial charge in [-0.2, -0.15) is 0 Å². The van der Waals surface area contributed by atoms with E-state index in [4.69, 9.17) is 15.3 Å². The Morgan fingerprint density at radius 1 is 1.56 bits per heavy atom. The summed E-state index contributed by atoms with van der Waals surface area (Å²) >= 11 is 0.516. The minimum Gasteiger partial charge on any atom is -0.393 e. The van der Waals surface area contributed by atoms with E-state index in [1.165, 1.54) is 0 Å². The van der Waals surface area contributed by atoms with E-state index < -0.39 is 23.8 Å². The zero-order valence-corrected chi connectivity index (χ0v) is 5.47. The second-order valence-electron chi connectivity index (χ2n) is 1.29. The fourth-order valence-corrected chi connectivity index (χ4v) is 0.679. The first kappa shape index (κ1) is 8.90. The minimum absolute atomic E-state index is 0.476. The van der Waals surface area contributed by atoms with Gasteiger partial charge < -0.3 is 15.3 Å². The molecule has 1 unspecified atom stereocenters. The molecule has 0 aromatic rings. The first-order valence-electron chi connectivity index (χ1n) is 2.30. The highest BCUT2D eigenvalue weighted by atomic mass is 32.2. The summed E-state index contributed by atoms with van der Waals surface area (Å²) in [5.74, 6) is 0. The van der Waals surface area contributed by atoms with Gasteiger partial charge >= 0.3 is 0 Å². The van der Waals surface area contributed by atoms with Gasteiger partial charge in [-0.1, -0.05) is 11.8 Å². The molecular formula is C4H8O4S. The smallest absolute Gasteiger partial charge is 0.216 e. The number of aliphatic hydroxyl groups excluding tert-OH is 3. The first-order valence-corrected chi connectivity index (χ1v) is 3.18. The van der Waals surface area contributed by atoms with E-state index in [9.17, 15) is 4.79 Å². The molecule has 0 rings (SSSR count). The molecule has 0 aliphatic heterocycles. The van der Waals surface area contributed by atoms with Crippen molar-refractivity contribution < 1.29 is 20.1 Å². The lowest BCUT2D eigenvalue weighted by atomic mass is 10.8. The predicted octanol–water partition coefficient (Wildman–Crippen LogP) is -1.45. The molecule has 1 atom stereocenters. The predicted molar refractivity (Wildman–Crippen MR) is 32.8 cm³/mol. The van der Waals surface area contributed by atoms with Crippen LogP contribution >= 0.6 is 11.8 Å². The third kappa shape index (κ3) is 4.41. The van der Waals surface area contributed by atoms with Crippen LogP contribution in [0.5, 0.6) is 0 Å². The van der Waals surface area contributed by atoms with Crippen LogP contribution in [0, 0.1) is 0 Å². The van der Waals surface area contributed by atoms with Gasteiger partial charge in [0.2, 0.25) is 5.12 Å².